The maximum Gasteiger partial charge on any atom is 0.0472 e. The molecule has 3 heteroatoms. The zero-order valence-electron chi connectivity index (χ0n) is 12.3. The minimum absolute atomic E-state index is 0.286. The first-order chi connectivity index (χ1) is 9.81. The van der Waals surface area contributed by atoms with Crippen LogP contribution in [0.2, 0.25) is 0 Å². The molecule has 0 spiro atoms. The van der Waals surface area contributed by atoms with Crippen molar-refractivity contribution in [1.29, 1.82) is 0 Å². The third-order valence-corrected chi connectivity index (χ3v) is 5.06. The maximum absolute atomic E-state index is 6.10. The van der Waals surface area contributed by atoms with Crippen LogP contribution in [0.25, 0.3) is 0 Å². The average molecular weight is 274 g/mol. The van der Waals surface area contributed by atoms with E-state index in [0.717, 1.165) is 39.1 Å². The van der Waals surface area contributed by atoms with Crippen LogP contribution in [0, 0.1) is 5.41 Å². The molecule has 0 amide bonds. The highest BCUT2D eigenvalue weighted by atomic mass is 16.5. The van der Waals surface area contributed by atoms with Gasteiger partial charge in [0.15, 0.2) is 0 Å². The van der Waals surface area contributed by atoms with Gasteiger partial charge in [0.05, 0.1) is 0 Å². The molecule has 0 saturated carbocycles. The smallest absolute Gasteiger partial charge is 0.0472 e. The van der Waals surface area contributed by atoms with E-state index in [4.69, 9.17) is 10.5 Å². The Hall–Kier alpha value is -0.900. The van der Waals surface area contributed by atoms with Crippen molar-refractivity contribution in [2.75, 3.05) is 39.4 Å². The molecular weight excluding hydrogens is 248 g/mol. The molecule has 0 atom stereocenters. The topological polar surface area (TPSA) is 38.5 Å². The van der Waals surface area contributed by atoms with Crippen LogP contribution >= 0.6 is 0 Å². The monoisotopic (exact) mass is 274 g/mol. The fraction of sp³-hybridized carbons (Fsp3) is 0.647. The maximum atomic E-state index is 6.10. The molecule has 2 aliphatic rings. The summed E-state index contributed by atoms with van der Waals surface area (Å²) in [7, 11) is 0. The first-order valence-corrected chi connectivity index (χ1v) is 7.88. The number of fused-ring (bicyclic) bond motifs is 1. The number of rotatable bonds is 3. The summed E-state index contributed by atoms with van der Waals surface area (Å²) in [5.41, 5.74) is 9.45. The predicted octanol–water partition coefficient (Wildman–Crippen LogP) is 1.84. The molecule has 3 nitrogen and oxygen atoms in total. The molecule has 0 aromatic heterocycles. The summed E-state index contributed by atoms with van der Waals surface area (Å²) in [6, 6.07) is 8.89. The fourth-order valence-electron chi connectivity index (χ4n) is 3.58. The van der Waals surface area contributed by atoms with Crippen molar-refractivity contribution < 1.29 is 4.74 Å². The molecule has 0 unspecified atom stereocenters. The second-order valence-corrected chi connectivity index (χ2v) is 6.36. The molecule has 3 rings (SSSR count). The Balaban J connectivity index is 1.64. The van der Waals surface area contributed by atoms with E-state index in [0.29, 0.717) is 0 Å². The summed E-state index contributed by atoms with van der Waals surface area (Å²) in [5, 5.41) is 0. The van der Waals surface area contributed by atoms with Gasteiger partial charge in [-0.3, -0.25) is 0 Å². The van der Waals surface area contributed by atoms with Crippen LogP contribution in [-0.4, -0.2) is 44.3 Å². The van der Waals surface area contributed by atoms with Crippen LogP contribution in [-0.2, 0) is 17.6 Å². The van der Waals surface area contributed by atoms with E-state index in [9.17, 15) is 0 Å². The van der Waals surface area contributed by atoms with Gasteiger partial charge in [-0.05, 0) is 48.8 Å². The van der Waals surface area contributed by atoms with E-state index in [1.54, 1.807) is 0 Å². The van der Waals surface area contributed by atoms with Crippen molar-refractivity contribution in [2.24, 2.45) is 11.1 Å². The molecule has 0 radical (unpaired) electrons. The minimum atomic E-state index is 0.286. The van der Waals surface area contributed by atoms with E-state index < -0.39 is 0 Å². The van der Waals surface area contributed by atoms with Gasteiger partial charge in [0.1, 0.15) is 0 Å². The van der Waals surface area contributed by atoms with Gasteiger partial charge < -0.3 is 15.4 Å². The molecule has 1 saturated heterocycles. The molecule has 0 bridgehead atoms. The van der Waals surface area contributed by atoms with Crippen molar-refractivity contribution in [3.63, 3.8) is 0 Å². The van der Waals surface area contributed by atoms with Crippen molar-refractivity contribution in [3.05, 3.63) is 35.4 Å². The lowest BCUT2D eigenvalue weighted by molar-refractivity contribution is 0.000493. The van der Waals surface area contributed by atoms with Gasteiger partial charge in [-0.25, -0.2) is 0 Å². The lowest BCUT2D eigenvalue weighted by Gasteiger charge is -2.40. The zero-order chi connectivity index (χ0) is 13.8. The number of hydrogen-bond acceptors (Lipinski definition) is 3. The largest absolute Gasteiger partial charge is 0.381 e. The molecule has 2 aliphatic heterocycles. The van der Waals surface area contributed by atoms with Gasteiger partial charge in [-0.1, -0.05) is 24.3 Å². The van der Waals surface area contributed by atoms with Gasteiger partial charge in [-0.15, -0.1) is 0 Å². The molecular formula is C17H26N2O. The van der Waals surface area contributed by atoms with Gasteiger partial charge in [0, 0.05) is 32.8 Å². The summed E-state index contributed by atoms with van der Waals surface area (Å²) in [6.45, 7) is 6.02. The molecule has 2 N–H and O–H groups in total. The summed E-state index contributed by atoms with van der Waals surface area (Å²) in [6.07, 6.45) is 4.58. The van der Waals surface area contributed by atoms with E-state index >= 15 is 0 Å². The standard InChI is InChI=1S/C17H26N2O/c18-13-17(7-11-20-12-8-17)14-19-9-5-15-3-1-2-4-16(15)6-10-19/h1-4H,5-14,18H2. The second-order valence-electron chi connectivity index (χ2n) is 6.36. The van der Waals surface area contributed by atoms with Crippen molar-refractivity contribution in [3.8, 4) is 0 Å². The van der Waals surface area contributed by atoms with Gasteiger partial charge in [0.2, 0.25) is 0 Å². The predicted molar refractivity (Wildman–Crippen MR) is 81.8 cm³/mol. The summed E-state index contributed by atoms with van der Waals surface area (Å²) >= 11 is 0. The quantitative estimate of drug-likeness (QED) is 0.914. The lowest BCUT2D eigenvalue weighted by Crippen LogP contribution is -2.46. The molecule has 2 heterocycles. The number of nitrogens with two attached hydrogens (primary N) is 1. The third kappa shape index (κ3) is 3.05. The second kappa shape index (κ2) is 6.25. The molecule has 110 valence electrons. The summed E-state index contributed by atoms with van der Waals surface area (Å²) in [5.74, 6) is 0. The number of ether oxygens (including phenoxy) is 1. The van der Waals surface area contributed by atoms with E-state index in [-0.39, 0.29) is 5.41 Å². The van der Waals surface area contributed by atoms with Gasteiger partial charge in [0.25, 0.3) is 0 Å². The summed E-state index contributed by atoms with van der Waals surface area (Å²) < 4.78 is 5.52. The number of nitrogens with zero attached hydrogens (tertiary/aromatic N) is 1. The van der Waals surface area contributed by atoms with Gasteiger partial charge >= 0.3 is 0 Å². The van der Waals surface area contributed by atoms with Gasteiger partial charge in [-0.2, -0.15) is 0 Å². The first kappa shape index (κ1) is 14.1. The highest BCUT2D eigenvalue weighted by molar-refractivity contribution is 5.28. The molecule has 0 aliphatic carbocycles. The van der Waals surface area contributed by atoms with Crippen LogP contribution in [0.5, 0.6) is 0 Å². The zero-order valence-corrected chi connectivity index (χ0v) is 12.3. The third-order valence-electron chi connectivity index (χ3n) is 5.06. The SMILES string of the molecule is NCC1(CN2CCc3ccccc3CC2)CCOCC1. The Labute approximate surface area is 122 Å². The molecule has 20 heavy (non-hydrogen) atoms. The molecule has 1 aromatic rings. The van der Waals surface area contributed by atoms with E-state index in [2.05, 4.69) is 29.2 Å². The number of hydrogen-bond donors (Lipinski definition) is 1. The Morgan fingerprint density at radius 2 is 1.65 bits per heavy atom. The Kier molecular flexibility index (Phi) is 4.39. The first-order valence-electron chi connectivity index (χ1n) is 7.88. The Bertz CT molecular complexity index is 413. The molecule has 1 aromatic carbocycles. The van der Waals surface area contributed by atoms with Crippen LogP contribution in [0.1, 0.15) is 24.0 Å². The van der Waals surface area contributed by atoms with Crippen LogP contribution < -0.4 is 5.73 Å². The van der Waals surface area contributed by atoms with E-state index in [1.165, 1.54) is 37.1 Å². The van der Waals surface area contributed by atoms with Crippen LogP contribution in [0.4, 0.5) is 0 Å². The highest BCUT2D eigenvalue weighted by Crippen LogP contribution is 2.31. The van der Waals surface area contributed by atoms with Crippen LogP contribution in [0.3, 0.4) is 0 Å². The molecule has 1 fully saturated rings. The minimum Gasteiger partial charge on any atom is -0.381 e. The average Bonchev–Trinajstić information content (AvgIpc) is 2.71. The summed E-state index contributed by atoms with van der Waals surface area (Å²) in [4.78, 5) is 2.62. The normalized spacial score (nSPS) is 23.1. The Morgan fingerprint density at radius 1 is 1.05 bits per heavy atom. The van der Waals surface area contributed by atoms with Crippen molar-refractivity contribution >= 4 is 0 Å². The van der Waals surface area contributed by atoms with E-state index in [1.807, 2.05) is 0 Å². The van der Waals surface area contributed by atoms with Crippen molar-refractivity contribution in [1.82, 2.24) is 4.90 Å². The van der Waals surface area contributed by atoms with Crippen LogP contribution in [0.15, 0.2) is 24.3 Å². The number of benzene rings is 1. The van der Waals surface area contributed by atoms with Crippen molar-refractivity contribution in [2.45, 2.75) is 25.7 Å². The Morgan fingerprint density at radius 3 is 2.20 bits per heavy atom. The lowest BCUT2D eigenvalue weighted by atomic mass is 9.79. The highest BCUT2D eigenvalue weighted by Gasteiger charge is 2.33. The fourth-order valence-corrected chi connectivity index (χ4v) is 3.58.